The van der Waals surface area contributed by atoms with Gasteiger partial charge in [0.25, 0.3) is 0 Å². The van der Waals surface area contributed by atoms with Crippen molar-refractivity contribution in [2.75, 3.05) is 13.1 Å². The largest absolute Gasteiger partial charge is 0.309 e. The highest BCUT2D eigenvalue weighted by Crippen LogP contribution is 2.31. The zero-order chi connectivity index (χ0) is 10.3. The SMILES string of the molecule is CC1CCCC1NC1CCN2CCCC12. The van der Waals surface area contributed by atoms with Gasteiger partial charge < -0.3 is 5.32 Å². The fourth-order valence-corrected chi connectivity index (χ4v) is 3.94. The third-order valence-corrected chi connectivity index (χ3v) is 4.90. The molecule has 15 heavy (non-hydrogen) atoms. The summed E-state index contributed by atoms with van der Waals surface area (Å²) in [5, 5.41) is 3.96. The summed E-state index contributed by atoms with van der Waals surface area (Å²) in [5.41, 5.74) is 0. The van der Waals surface area contributed by atoms with Crippen LogP contribution in [0.4, 0.5) is 0 Å². The van der Waals surface area contributed by atoms with Crippen molar-refractivity contribution < 1.29 is 0 Å². The number of nitrogens with zero attached hydrogens (tertiary/aromatic N) is 1. The molecule has 2 nitrogen and oxygen atoms in total. The van der Waals surface area contributed by atoms with Crippen molar-refractivity contribution in [3.05, 3.63) is 0 Å². The topological polar surface area (TPSA) is 15.3 Å². The minimum Gasteiger partial charge on any atom is -0.309 e. The van der Waals surface area contributed by atoms with Crippen LogP contribution in [0.2, 0.25) is 0 Å². The van der Waals surface area contributed by atoms with E-state index in [1.807, 2.05) is 0 Å². The zero-order valence-corrected chi connectivity index (χ0v) is 9.91. The second-order valence-corrected chi connectivity index (χ2v) is 5.82. The van der Waals surface area contributed by atoms with E-state index in [0.717, 1.165) is 24.0 Å². The van der Waals surface area contributed by atoms with Gasteiger partial charge in [0.1, 0.15) is 0 Å². The van der Waals surface area contributed by atoms with E-state index in [1.165, 1.54) is 51.6 Å². The summed E-state index contributed by atoms with van der Waals surface area (Å²) in [4.78, 5) is 2.71. The summed E-state index contributed by atoms with van der Waals surface area (Å²) in [6.07, 6.45) is 8.58. The molecule has 3 fully saturated rings. The van der Waals surface area contributed by atoms with E-state index in [-0.39, 0.29) is 0 Å². The first kappa shape index (κ1) is 10.1. The third kappa shape index (κ3) is 1.83. The molecule has 0 radical (unpaired) electrons. The van der Waals surface area contributed by atoms with Crippen LogP contribution in [-0.4, -0.2) is 36.1 Å². The highest BCUT2D eigenvalue weighted by Gasteiger charge is 2.38. The Labute approximate surface area is 93.4 Å². The van der Waals surface area contributed by atoms with Gasteiger partial charge in [-0.05, 0) is 44.6 Å². The normalized spacial score (nSPS) is 46.2. The van der Waals surface area contributed by atoms with E-state index in [1.54, 1.807) is 0 Å². The summed E-state index contributed by atoms with van der Waals surface area (Å²) < 4.78 is 0. The average molecular weight is 208 g/mol. The molecule has 1 N–H and O–H groups in total. The van der Waals surface area contributed by atoms with E-state index in [0.29, 0.717) is 0 Å². The van der Waals surface area contributed by atoms with Crippen LogP contribution in [0.15, 0.2) is 0 Å². The monoisotopic (exact) mass is 208 g/mol. The molecule has 0 aromatic carbocycles. The van der Waals surface area contributed by atoms with Gasteiger partial charge >= 0.3 is 0 Å². The van der Waals surface area contributed by atoms with Crippen molar-refractivity contribution >= 4 is 0 Å². The molecule has 4 unspecified atom stereocenters. The second-order valence-electron chi connectivity index (χ2n) is 5.82. The van der Waals surface area contributed by atoms with Crippen LogP contribution < -0.4 is 5.32 Å². The Kier molecular flexibility index (Phi) is 2.73. The number of nitrogens with one attached hydrogen (secondary N) is 1. The molecule has 0 aromatic heterocycles. The number of fused-ring (bicyclic) bond motifs is 1. The Hall–Kier alpha value is -0.0800. The maximum absolute atomic E-state index is 3.96. The van der Waals surface area contributed by atoms with Crippen LogP contribution in [0.5, 0.6) is 0 Å². The number of hydrogen-bond donors (Lipinski definition) is 1. The van der Waals surface area contributed by atoms with Crippen molar-refractivity contribution in [2.24, 2.45) is 5.92 Å². The maximum Gasteiger partial charge on any atom is 0.0250 e. The van der Waals surface area contributed by atoms with Crippen LogP contribution in [0.25, 0.3) is 0 Å². The van der Waals surface area contributed by atoms with E-state index in [9.17, 15) is 0 Å². The second kappa shape index (κ2) is 4.06. The Balaban J connectivity index is 1.59. The van der Waals surface area contributed by atoms with Gasteiger partial charge in [-0.2, -0.15) is 0 Å². The van der Waals surface area contributed by atoms with Crippen LogP contribution in [0, 0.1) is 5.92 Å². The smallest absolute Gasteiger partial charge is 0.0250 e. The third-order valence-electron chi connectivity index (χ3n) is 4.90. The van der Waals surface area contributed by atoms with Gasteiger partial charge in [-0.25, -0.2) is 0 Å². The predicted octanol–water partition coefficient (Wildman–Crippen LogP) is 2.00. The summed E-state index contributed by atoms with van der Waals surface area (Å²) >= 11 is 0. The van der Waals surface area contributed by atoms with Gasteiger partial charge in [-0.1, -0.05) is 13.3 Å². The molecule has 0 amide bonds. The summed E-state index contributed by atoms with van der Waals surface area (Å²) in [7, 11) is 0. The summed E-state index contributed by atoms with van der Waals surface area (Å²) in [5.74, 6) is 0.917. The lowest BCUT2D eigenvalue weighted by Crippen LogP contribution is -2.45. The Morgan fingerprint density at radius 3 is 2.67 bits per heavy atom. The van der Waals surface area contributed by atoms with Gasteiger partial charge in [-0.15, -0.1) is 0 Å². The lowest BCUT2D eigenvalue weighted by atomic mass is 10.0. The molecule has 1 saturated carbocycles. The van der Waals surface area contributed by atoms with Crippen LogP contribution in [0.3, 0.4) is 0 Å². The highest BCUT2D eigenvalue weighted by atomic mass is 15.2. The van der Waals surface area contributed by atoms with Crippen molar-refractivity contribution in [3.63, 3.8) is 0 Å². The molecule has 86 valence electrons. The molecule has 2 aliphatic heterocycles. The molecule has 2 heterocycles. The van der Waals surface area contributed by atoms with Crippen molar-refractivity contribution in [1.82, 2.24) is 10.2 Å². The molecule has 2 saturated heterocycles. The first-order valence-corrected chi connectivity index (χ1v) is 6.85. The molecule has 0 aromatic rings. The van der Waals surface area contributed by atoms with Crippen LogP contribution >= 0.6 is 0 Å². The van der Waals surface area contributed by atoms with Crippen LogP contribution in [-0.2, 0) is 0 Å². The van der Waals surface area contributed by atoms with Crippen molar-refractivity contribution in [3.8, 4) is 0 Å². The fourth-order valence-electron chi connectivity index (χ4n) is 3.94. The quantitative estimate of drug-likeness (QED) is 0.746. The molecule has 0 spiro atoms. The lowest BCUT2D eigenvalue weighted by Gasteiger charge is -2.27. The minimum atomic E-state index is 0.818. The first-order valence-electron chi connectivity index (χ1n) is 6.85. The molecule has 1 aliphatic carbocycles. The summed E-state index contributed by atoms with van der Waals surface area (Å²) in [6.45, 7) is 5.14. The Bertz CT molecular complexity index is 229. The Morgan fingerprint density at radius 1 is 0.933 bits per heavy atom. The van der Waals surface area contributed by atoms with Gasteiger partial charge in [0.15, 0.2) is 0 Å². The van der Waals surface area contributed by atoms with Crippen LogP contribution in [0.1, 0.15) is 45.4 Å². The van der Waals surface area contributed by atoms with E-state index in [2.05, 4.69) is 17.1 Å². The molecule has 3 rings (SSSR count). The molecule has 2 heteroatoms. The molecular formula is C13H24N2. The molecule has 0 bridgehead atoms. The summed E-state index contributed by atoms with van der Waals surface area (Å²) in [6, 6.07) is 2.53. The van der Waals surface area contributed by atoms with Crippen molar-refractivity contribution in [1.29, 1.82) is 0 Å². The van der Waals surface area contributed by atoms with Gasteiger partial charge in [0.05, 0.1) is 0 Å². The lowest BCUT2D eigenvalue weighted by molar-refractivity contribution is 0.278. The van der Waals surface area contributed by atoms with Gasteiger partial charge in [0, 0.05) is 24.7 Å². The van der Waals surface area contributed by atoms with Gasteiger partial charge in [-0.3, -0.25) is 4.90 Å². The van der Waals surface area contributed by atoms with E-state index in [4.69, 9.17) is 0 Å². The molecule has 3 aliphatic rings. The molecule has 4 atom stereocenters. The molecular weight excluding hydrogens is 184 g/mol. The fraction of sp³-hybridized carbons (Fsp3) is 1.00. The Morgan fingerprint density at radius 2 is 1.87 bits per heavy atom. The van der Waals surface area contributed by atoms with Gasteiger partial charge in [0.2, 0.25) is 0 Å². The average Bonchev–Trinajstić information content (AvgIpc) is 2.86. The van der Waals surface area contributed by atoms with Crippen molar-refractivity contribution in [2.45, 2.75) is 63.6 Å². The minimum absolute atomic E-state index is 0.818. The standard InChI is InChI=1S/C13H24N2/c1-10-4-2-5-11(10)14-12-7-9-15-8-3-6-13(12)15/h10-14H,2-9H2,1H3. The highest BCUT2D eigenvalue weighted by molar-refractivity contribution is 4.97. The number of rotatable bonds is 2. The maximum atomic E-state index is 3.96. The van der Waals surface area contributed by atoms with E-state index < -0.39 is 0 Å². The van der Waals surface area contributed by atoms with E-state index >= 15 is 0 Å². The first-order chi connectivity index (χ1) is 7.34. The predicted molar refractivity (Wildman–Crippen MR) is 62.9 cm³/mol. The zero-order valence-electron chi connectivity index (χ0n) is 9.91. The number of hydrogen-bond acceptors (Lipinski definition) is 2.